The van der Waals surface area contributed by atoms with Crippen molar-refractivity contribution in [2.24, 2.45) is 0 Å². The summed E-state index contributed by atoms with van der Waals surface area (Å²) in [4.78, 5) is 0. The predicted octanol–water partition coefficient (Wildman–Crippen LogP) is 11.7. The van der Waals surface area contributed by atoms with E-state index in [2.05, 4.69) is 48.5 Å². The molecule has 0 spiro atoms. The van der Waals surface area contributed by atoms with E-state index in [1.807, 2.05) is 0 Å². The molecule has 1 fully saturated rings. The minimum absolute atomic E-state index is 0. The fourth-order valence-corrected chi connectivity index (χ4v) is 1.41. The van der Waals surface area contributed by atoms with E-state index in [4.69, 9.17) is 10.5 Å². The Bertz CT molecular complexity index is 513. The third-order valence-corrected chi connectivity index (χ3v) is 2.81. The van der Waals surface area contributed by atoms with Crippen LogP contribution in [0.15, 0.2) is 0 Å². The van der Waals surface area contributed by atoms with Gasteiger partial charge in [0.25, 0.3) is 0 Å². The van der Waals surface area contributed by atoms with Gasteiger partial charge in [0.05, 0.1) is 12.1 Å². The molecule has 0 amide bonds. The van der Waals surface area contributed by atoms with Crippen molar-refractivity contribution >= 4 is 15.6 Å². The topological polar surface area (TPSA) is 47.6 Å². The molecule has 1 aliphatic carbocycles. The molecule has 1 saturated carbocycles. The van der Waals surface area contributed by atoms with Crippen molar-refractivity contribution in [2.45, 2.75) is 48.5 Å². The average molecular weight is 649 g/mol. The molecule has 0 aliphatic heterocycles. The second-order valence-corrected chi connectivity index (χ2v) is 9.61. The minimum Gasteiger partial charge on any atom is -0.0499 e. The largest absolute Gasteiger partial charge is 2.00 e. The number of rotatable bonds is 0. The van der Waals surface area contributed by atoms with E-state index < -0.39 is 15.6 Å². The molecule has 0 aromatic carbocycles. The Balaban J connectivity index is -0.0000000738. The summed E-state index contributed by atoms with van der Waals surface area (Å²) in [5.41, 5.74) is 0. The molecule has 1 aliphatic rings. The van der Waals surface area contributed by atoms with Gasteiger partial charge < -0.3 is 0 Å². The number of halogens is 12. The van der Waals surface area contributed by atoms with Gasteiger partial charge >= 0.3 is 85.5 Å². The van der Waals surface area contributed by atoms with Crippen LogP contribution in [0, 0.1) is 72.5 Å². The number of hydrogen-bond acceptors (Lipinski definition) is 2. The zero-order valence-electron chi connectivity index (χ0n) is 19.2. The van der Waals surface area contributed by atoms with Crippen molar-refractivity contribution in [1.29, 1.82) is 10.5 Å². The van der Waals surface area contributed by atoms with Gasteiger partial charge in [-0.25, -0.2) is 0 Å². The summed E-state index contributed by atoms with van der Waals surface area (Å²) in [6.07, 6.45) is 1.50. The Kier molecular flexibility index (Phi) is 19.8. The summed E-state index contributed by atoms with van der Waals surface area (Å²) in [7, 11) is -21.3. The SMILES string of the molecule is CC#N.CC#N.C[C]1[C](C)[C](C)[C](C)[C]1C.F[P-](F)(F)(F)(F)F.F[P-](F)(F)(F)(F)F.[CH2][CH][CH2].[Ru+2]. The van der Waals surface area contributed by atoms with Crippen molar-refractivity contribution in [3.63, 3.8) is 0 Å². The molecule has 8 radical (unpaired) electrons. The molecule has 0 unspecified atom stereocenters. The monoisotopic (exact) mass is 650 g/mol. The number of nitriles is 2. The molecule has 2 nitrogen and oxygen atoms in total. The Hall–Kier alpha value is -0.377. The first-order valence-electron chi connectivity index (χ1n) is 8.04. The normalized spacial score (nSPS) is 18.9. The van der Waals surface area contributed by atoms with Gasteiger partial charge in [0.15, 0.2) is 0 Å². The van der Waals surface area contributed by atoms with Crippen LogP contribution in [0.5, 0.6) is 0 Å². The van der Waals surface area contributed by atoms with Crippen LogP contribution in [0.4, 0.5) is 50.4 Å². The standard InChI is InChI=1S/C10H15.C3H5.2C2H3N.2F6P.Ru/c1-6-7(2)9(4)10(5)8(6)3;1-3-2;2*1-2-3;2*1-7(2,3,4,5)6;/h1-5H3;3H,1-2H2;2*1H3;;;/q;;;;2*-1;+2. The predicted molar refractivity (Wildman–Crippen MR) is 109 cm³/mol. The average Bonchev–Trinajstić information content (AvgIpc) is 2.61. The second kappa shape index (κ2) is 14.4. The first-order valence-corrected chi connectivity index (χ1v) is 12.1. The van der Waals surface area contributed by atoms with Crippen LogP contribution >= 0.6 is 15.6 Å². The van der Waals surface area contributed by atoms with E-state index in [1.165, 1.54) is 49.9 Å². The summed E-state index contributed by atoms with van der Waals surface area (Å²) < 4.78 is 118. The zero-order chi connectivity index (χ0) is 28.8. The summed E-state index contributed by atoms with van der Waals surface area (Å²) in [5, 5.41) is 14.6. The van der Waals surface area contributed by atoms with Crippen molar-refractivity contribution < 1.29 is 69.8 Å². The van der Waals surface area contributed by atoms with E-state index in [1.54, 1.807) is 12.1 Å². The van der Waals surface area contributed by atoms with Crippen LogP contribution in [0.3, 0.4) is 0 Å². The van der Waals surface area contributed by atoms with Gasteiger partial charge in [-0.1, -0.05) is 34.6 Å². The van der Waals surface area contributed by atoms with Gasteiger partial charge in [-0.3, -0.25) is 0 Å². The molecule has 0 N–H and O–H groups in total. The van der Waals surface area contributed by atoms with Crippen LogP contribution in [0.2, 0.25) is 0 Å². The Morgan fingerprint density at radius 1 is 0.529 bits per heavy atom. The third-order valence-electron chi connectivity index (χ3n) is 2.81. The van der Waals surface area contributed by atoms with E-state index in [9.17, 15) is 50.4 Å². The fourth-order valence-electron chi connectivity index (χ4n) is 1.41. The first kappa shape index (κ1) is 46.9. The minimum atomic E-state index is -10.7. The summed E-state index contributed by atoms with van der Waals surface area (Å²) in [5.74, 6) is 7.34. The van der Waals surface area contributed by atoms with Crippen LogP contribution < -0.4 is 0 Å². The maximum atomic E-state index is 9.87. The van der Waals surface area contributed by atoms with Gasteiger partial charge in [0.1, 0.15) is 0 Å². The maximum absolute atomic E-state index is 10.7. The molecule has 0 aromatic rings. The quantitative estimate of drug-likeness (QED) is 0.149. The molecule has 34 heavy (non-hydrogen) atoms. The van der Waals surface area contributed by atoms with E-state index in [0.717, 1.165) is 0 Å². The molecule has 1 rings (SSSR count). The van der Waals surface area contributed by atoms with Crippen molar-refractivity contribution in [3.8, 4) is 12.1 Å². The molecule has 0 atom stereocenters. The first-order chi connectivity index (χ1) is 13.7. The van der Waals surface area contributed by atoms with Crippen molar-refractivity contribution in [2.75, 3.05) is 0 Å². The molecule has 0 bridgehead atoms. The van der Waals surface area contributed by atoms with Crippen LogP contribution in [-0.4, -0.2) is 0 Å². The number of hydrogen-bond donors (Lipinski definition) is 0. The van der Waals surface area contributed by atoms with Gasteiger partial charge in [-0.2, -0.15) is 10.5 Å². The van der Waals surface area contributed by atoms with E-state index >= 15 is 0 Å². The molecule has 0 heterocycles. The van der Waals surface area contributed by atoms with Crippen LogP contribution in [-0.2, 0) is 19.5 Å². The molecule has 0 saturated heterocycles. The fraction of sp³-hybridized carbons (Fsp3) is 0.412. The summed E-state index contributed by atoms with van der Waals surface area (Å²) in [6.45, 7) is 20.4. The molecule has 206 valence electrons. The summed E-state index contributed by atoms with van der Waals surface area (Å²) >= 11 is 0. The maximum Gasteiger partial charge on any atom is 2.00 e. The van der Waals surface area contributed by atoms with Crippen LogP contribution in [0.25, 0.3) is 0 Å². The Morgan fingerprint density at radius 3 is 0.588 bits per heavy atom. The molecular formula is C17H26F12N2P2Ru. The van der Waals surface area contributed by atoms with Gasteiger partial charge in [-0.05, 0) is 49.9 Å². The van der Waals surface area contributed by atoms with Gasteiger partial charge in [0, 0.05) is 13.8 Å². The Morgan fingerprint density at radius 2 is 0.559 bits per heavy atom. The molecule has 0 aromatic heterocycles. The third kappa shape index (κ3) is 77.0. The smallest absolute Gasteiger partial charge is 0.0499 e. The van der Waals surface area contributed by atoms with Crippen molar-refractivity contribution in [3.05, 3.63) is 49.9 Å². The van der Waals surface area contributed by atoms with Gasteiger partial charge in [0.2, 0.25) is 0 Å². The zero-order valence-corrected chi connectivity index (χ0v) is 22.7. The van der Waals surface area contributed by atoms with Crippen LogP contribution in [0.1, 0.15) is 48.5 Å². The molecular weight excluding hydrogens is 623 g/mol. The second-order valence-electron chi connectivity index (χ2n) is 5.78. The van der Waals surface area contributed by atoms with Gasteiger partial charge in [-0.15, -0.1) is 0 Å². The number of nitrogens with zero attached hydrogens (tertiary/aromatic N) is 2. The molecule has 17 heteroatoms. The van der Waals surface area contributed by atoms with E-state index in [-0.39, 0.29) is 19.5 Å². The summed E-state index contributed by atoms with van der Waals surface area (Å²) in [6, 6.07) is 3.50. The van der Waals surface area contributed by atoms with Crippen molar-refractivity contribution in [1.82, 2.24) is 0 Å². The van der Waals surface area contributed by atoms with E-state index in [0.29, 0.717) is 0 Å². The Labute approximate surface area is 206 Å².